The van der Waals surface area contributed by atoms with Crippen LogP contribution in [0.5, 0.6) is 5.75 Å². The van der Waals surface area contributed by atoms with Gasteiger partial charge in [0.1, 0.15) is 5.75 Å². The lowest BCUT2D eigenvalue weighted by Crippen LogP contribution is -2.27. The van der Waals surface area contributed by atoms with E-state index < -0.39 is 12.6 Å². The lowest BCUT2D eigenvalue weighted by atomic mass is 9.97. The molecule has 0 radical (unpaired) electrons. The molecule has 1 aromatic carbocycles. The van der Waals surface area contributed by atoms with Gasteiger partial charge >= 0.3 is 0 Å². The molecule has 156 valence electrons. The van der Waals surface area contributed by atoms with Crippen molar-refractivity contribution in [1.29, 1.82) is 0 Å². The average Bonchev–Trinajstić information content (AvgIpc) is 2.60. The molecule has 0 heterocycles. The number of aromatic hydroxyl groups is 1. The maximum atomic E-state index is 10.3. The molecule has 0 aliphatic heterocycles. The molecular weight excluding hydrogens is 348 g/mol. The van der Waals surface area contributed by atoms with Crippen LogP contribution in [0.15, 0.2) is 12.1 Å². The highest BCUT2D eigenvalue weighted by Gasteiger charge is 2.10. The molecule has 7 nitrogen and oxygen atoms in total. The number of rotatable bonds is 15. The first-order valence-corrected chi connectivity index (χ1v) is 9.91. The van der Waals surface area contributed by atoms with Gasteiger partial charge in [-0.3, -0.25) is 0 Å². The number of aryl methyl sites for hydroxylation is 1. The van der Waals surface area contributed by atoms with Crippen molar-refractivity contribution in [2.45, 2.75) is 77.5 Å². The Bertz CT molecular complexity index is 523. The Labute approximate surface area is 162 Å². The minimum atomic E-state index is -1.43. The Morgan fingerprint density at radius 1 is 0.741 bits per heavy atom. The second-order valence-corrected chi connectivity index (χ2v) is 6.99. The third-order valence-electron chi connectivity index (χ3n) is 4.49. The quantitative estimate of drug-likeness (QED) is 0.178. The smallest absolute Gasteiger partial charge is 0.164 e. The molecule has 0 aliphatic carbocycles. The van der Waals surface area contributed by atoms with E-state index in [1.807, 2.05) is 6.07 Å². The molecule has 27 heavy (non-hydrogen) atoms. The highest BCUT2D eigenvalue weighted by molar-refractivity contribution is 5.42. The summed E-state index contributed by atoms with van der Waals surface area (Å²) < 4.78 is 0. The molecule has 0 unspecified atom stereocenters. The van der Waals surface area contributed by atoms with Gasteiger partial charge in [0.05, 0.1) is 0 Å². The Hall–Kier alpha value is -1.22. The summed E-state index contributed by atoms with van der Waals surface area (Å²) in [5.74, 6) is 0.142. The van der Waals surface area contributed by atoms with E-state index in [4.69, 9.17) is 20.4 Å². The van der Waals surface area contributed by atoms with Crippen LogP contribution in [0, 0.1) is 0 Å². The number of phenolic OH excluding ortho intramolecular Hbond substituents is 1. The zero-order chi connectivity index (χ0) is 20.1. The number of benzene rings is 1. The number of nitrogens with one attached hydrogen (secondary N) is 2. The van der Waals surface area contributed by atoms with Gasteiger partial charge in [-0.15, -0.1) is 0 Å². The van der Waals surface area contributed by atoms with Crippen molar-refractivity contribution < 1.29 is 25.5 Å². The fourth-order valence-corrected chi connectivity index (χ4v) is 3.03. The standard InChI is InChI=1S/C20H36N2O5/c1-2-3-4-5-6-7-8-15-9-17(12-22-14-20(26)27)18(23)10-16(15)11-21-13-19(24)25/h9-10,19-27H,2-8,11-14H2,1H3. The Morgan fingerprint density at radius 2 is 1.30 bits per heavy atom. The molecule has 0 spiro atoms. The maximum absolute atomic E-state index is 10.3. The van der Waals surface area contributed by atoms with E-state index in [9.17, 15) is 5.11 Å². The van der Waals surface area contributed by atoms with E-state index >= 15 is 0 Å². The lowest BCUT2D eigenvalue weighted by molar-refractivity contribution is -0.0380. The van der Waals surface area contributed by atoms with E-state index in [0.717, 1.165) is 30.4 Å². The minimum absolute atomic E-state index is 0.0316. The maximum Gasteiger partial charge on any atom is 0.164 e. The molecule has 0 bridgehead atoms. The van der Waals surface area contributed by atoms with Crippen LogP contribution in [0.1, 0.15) is 62.1 Å². The third kappa shape index (κ3) is 10.6. The van der Waals surface area contributed by atoms with Gasteiger partial charge in [-0.1, -0.05) is 45.1 Å². The normalized spacial score (nSPS) is 11.7. The average molecular weight is 385 g/mol. The summed E-state index contributed by atoms with van der Waals surface area (Å²) in [6.07, 6.45) is 5.25. The van der Waals surface area contributed by atoms with Crippen molar-refractivity contribution in [3.05, 3.63) is 28.8 Å². The molecular formula is C20H36N2O5. The largest absolute Gasteiger partial charge is 0.508 e. The number of hydrogen-bond donors (Lipinski definition) is 7. The molecule has 7 heteroatoms. The van der Waals surface area contributed by atoms with E-state index in [-0.39, 0.29) is 18.8 Å². The number of aliphatic hydroxyl groups excluding tert-OH is 2. The summed E-state index contributed by atoms with van der Waals surface area (Å²) in [5, 5.41) is 51.9. The van der Waals surface area contributed by atoms with Gasteiger partial charge in [0.15, 0.2) is 12.6 Å². The number of phenols is 1. The molecule has 0 fully saturated rings. The van der Waals surface area contributed by atoms with Gasteiger partial charge in [-0.05, 0) is 30.0 Å². The number of unbranched alkanes of at least 4 members (excludes halogenated alkanes) is 5. The third-order valence-corrected chi connectivity index (χ3v) is 4.49. The van der Waals surface area contributed by atoms with Gasteiger partial charge in [0.25, 0.3) is 0 Å². The van der Waals surface area contributed by atoms with E-state index in [2.05, 4.69) is 17.6 Å². The van der Waals surface area contributed by atoms with Gasteiger partial charge < -0.3 is 36.2 Å². The molecule has 0 atom stereocenters. The fraction of sp³-hybridized carbons (Fsp3) is 0.700. The minimum Gasteiger partial charge on any atom is -0.508 e. The second kappa shape index (κ2) is 13.9. The molecule has 0 saturated heterocycles. The fourth-order valence-electron chi connectivity index (χ4n) is 3.03. The molecule has 7 N–H and O–H groups in total. The van der Waals surface area contributed by atoms with Crippen LogP contribution in [-0.4, -0.2) is 51.2 Å². The first kappa shape index (κ1) is 23.8. The first-order valence-electron chi connectivity index (χ1n) is 9.91. The van der Waals surface area contributed by atoms with Crippen molar-refractivity contribution in [2.75, 3.05) is 13.1 Å². The van der Waals surface area contributed by atoms with Gasteiger partial charge in [0, 0.05) is 31.7 Å². The van der Waals surface area contributed by atoms with Crippen molar-refractivity contribution >= 4 is 0 Å². The zero-order valence-electron chi connectivity index (χ0n) is 16.3. The van der Waals surface area contributed by atoms with Crippen LogP contribution >= 0.6 is 0 Å². The summed E-state index contributed by atoms with van der Waals surface area (Å²) >= 11 is 0. The molecule has 0 saturated carbocycles. The summed E-state index contributed by atoms with van der Waals surface area (Å²) in [5.41, 5.74) is 2.76. The van der Waals surface area contributed by atoms with Gasteiger partial charge in [-0.25, -0.2) is 0 Å². The summed E-state index contributed by atoms with van der Waals surface area (Å²) in [6.45, 7) is 3.08. The van der Waals surface area contributed by atoms with E-state index in [1.165, 1.54) is 25.7 Å². The number of hydrogen-bond acceptors (Lipinski definition) is 7. The Morgan fingerprint density at radius 3 is 1.89 bits per heavy atom. The van der Waals surface area contributed by atoms with Crippen molar-refractivity contribution in [3.8, 4) is 5.75 Å². The molecule has 0 amide bonds. The topological polar surface area (TPSA) is 125 Å². The Kier molecular flexibility index (Phi) is 12.2. The predicted octanol–water partition coefficient (Wildman–Crippen LogP) is 1.10. The highest BCUT2D eigenvalue weighted by atomic mass is 16.5. The zero-order valence-corrected chi connectivity index (χ0v) is 16.3. The second-order valence-electron chi connectivity index (χ2n) is 6.99. The first-order chi connectivity index (χ1) is 12.9. The molecule has 0 aromatic heterocycles. The molecule has 0 aliphatic rings. The number of aliphatic hydroxyl groups is 4. The molecule has 1 aromatic rings. The Balaban J connectivity index is 2.71. The monoisotopic (exact) mass is 384 g/mol. The van der Waals surface area contributed by atoms with Crippen LogP contribution in [0.4, 0.5) is 0 Å². The summed E-state index contributed by atoms with van der Waals surface area (Å²) in [6, 6.07) is 3.65. The van der Waals surface area contributed by atoms with Gasteiger partial charge in [0.2, 0.25) is 0 Å². The van der Waals surface area contributed by atoms with Crippen molar-refractivity contribution in [2.24, 2.45) is 0 Å². The van der Waals surface area contributed by atoms with Crippen LogP contribution in [-0.2, 0) is 19.5 Å². The van der Waals surface area contributed by atoms with Crippen molar-refractivity contribution in [3.63, 3.8) is 0 Å². The van der Waals surface area contributed by atoms with Crippen LogP contribution in [0.2, 0.25) is 0 Å². The SMILES string of the molecule is CCCCCCCCc1cc(CNCC(O)O)c(O)cc1CNCC(O)O. The van der Waals surface area contributed by atoms with Crippen LogP contribution in [0.25, 0.3) is 0 Å². The molecule has 1 rings (SSSR count). The van der Waals surface area contributed by atoms with Crippen molar-refractivity contribution in [1.82, 2.24) is 10.6 Å². The summed E-state index contributed by atoms with van der Waals surface area (Å²) in [4.78, 5) is 0. The predicted molar refractivity (Wildman–Crippen MR) is 105 cm³/mol. The highest BCUT2D eigenvalue weighted by Crippen LogP contribution is 2.24. The van der Waals surface area contributed by atoms with Crippen LogP contribution < -0.4 is 10.6 Å². The summed E-state index contributed by atoms with van der Waals surface area (Å²) in [7, 11) is 0. The van der Waals surface area contributed by atoms with Gasteiger partial charge in [-0.2, -0.15) is 0 Å². The van der Waals surface area contributed by atoms with Crippen LogP contribution in [0.3, 0.4) is 0 Å². The van der Waals surface area contributed by atoms with E-state index in [0.29, 0.717) is 18.7 Å². The van der Waals surface area contributed by atoms with E-state index in [1.54, 1.807) is 6.07 Å². The lowest BCUT2D eigenvalue weighted by Gasteiger charge is -2.16.